The van der Waals surface area contributed by atoms with E-state index in [0.29, 0.717) is 29.3 Å². The Morgan fingerprint density at radius 2 is 2.32 bits per heavy atom. The average Bonchev–Trinajstić information content (AvgIpc) is 2.96. The van der Waals surface area contributed by atoms with Gasteiger partial charge in [0.15, 0.2) is 0 Å². The molecule has 1 aromatic carbocycles. The van der Waals surface area contributed by atoms with E-state index < -0.39 is 6.04 Å². The Morgan fingerprint density at radius 3 is 2.95 bits per heavy atom. The summed E-state index contributed by atoms with van der Waals surface area (Å²) >= 11 is 5.91. The van der Waals surface area contributed by atoms with Crippen molar-refractivity contribution in [2.45, 2.75) is 18.6 Å². The number of rotatable bonds is 2. The average molecular weight is 282 g/mol. The largest absolute Gasteiger partial charge is 0.496 e. The van der Waals surface area contributed by atoms with Crippen LogP contribution in [0.4, 0.5) is 0 Å². The van der Waals surface area contributed by atoms with Gasteiger partial charge in [-0.05, 0) is 18.2 Å². The van der Waals surface area contributed by atoms with Gasteiger partial charge >= 0.3 is 5.97 Å². The number of hydrogen-bond acceptors (Lipinski definition) is 4. The first-order valence-corrected chi connectivity index (χ1v) is 6.33. The number of likely N-dealkylation sites (tertiary alicyclic amines) is 1. The Kier molecular flexibility index (Phi) is 2.86. The molecular weight excluding hydrogens is 270 g/mol. The van der Waals surface area contributed by atoms with Crippen LogP contribution in [0, 0.1) is 0 Å². The Labute approximate surface area is 115 Å². The Balaban J connectivity index is 1.92. The second-order valence-corrected chi connectivity index (χ2v) is 5.05. The molecule has 2 atom stereocenters. The van der Waals surface area contributed by atoms with Crippen LogP contribution in [0.15, 0.2) is 18.2 Å². The zero-order chi connectivity index (χ0) is 13.6. The van der Waals surface area contributed by atoms with Crippen molar-refractivity contribution in [1.82, 2.24) is 4.90 Å². The van der Waals surface area contributed by atoms with Gasteiger partial charge in [0.2, 0.25) is 0 Å². The van der Waals surface area contributed by atoms with E-state index in [0.717, 1.165) is 0 Å². The lowest BCUT2D eigenvalue weighted by atomic mass is 10.1. The predicted molar refractivity (Wildman–Crippen MR) is 67.3 cm³/mol. The van der Waals surface area contributed by atoms with Gasteiger partial charge < -0.3 is 14.4 Å². The summed E-state index contributed by atoms with van der Waals surface area (Å²) < 4.78 is 10.2. The molecule has 2 bridgehead atoms. The summed E-state index contributed by atoms with van der Waals surface area (Å²) in [4.78, 5) is 25.6. The molecule has 2 fully saturated rings. The summed E-state index contributed by atoms with van der Waals surface area (Å²) in [5, 5.41) is 0.455. The molecule has 0 unspecified atom stereocenters. The lowest BCUT2D eigenvalue weighted by molar-refractivity contribution is -0.149. The minimum Gasteiger partial charge on any atom is -0.496 e. The number of esters is 1. The molecule has 1 amide bonds. The minimum absolute atomic E-state index is 0.174. The lowest BCUT2D eigenvalue weighted by Gasteiger charge is -2.26. The minimum atomic E-state index is -0.471. The number of carbonyl (C=O) groups is 2. The van der Waals surface area contributed by atoms with Crippen molar-refractivity contribution >= 4 is 23.5 Å². The van der Waals surface area contributed by atoms with E-state index in [-0.39, 0.29) is 18.0 Å². The predicted octanol–water partition coefficient (Wildman–Crippen LogP) is 1.49. The van der Waals surface area contributed by atoms with Crippen LogP contribution in [0.5, 0.6) is 5.75 Å². The van der Waals surface area contributed by atoms with E-state index in [1.54, 1.807) is 18.2 Å². The maximum Gasteiger partial charge on any atom is 0.329 e. The van der Waals surface area contributed by atoms with Gasteiger partial charge in [0.1, 0.15) is 17.9 Å². The fourth-order valence-electron chi connectivity index (χ4n) is 2.58. The van der Waals surface area contributed by atoms with Crippen molar-refractivity contribution in [3.63, 3.8) is 0 Å². The highest BCUT2D eigenvalue weighted by molar-refractivity contribution is 6.31. The number of carbonyl (C=O) groups excluding carboxylic acids is 2. The summed E-state index contributed by atoms with van der Waals surface area (Å²) in [6.07, 6.45) is 0.402. The van der Waals surface area contributed by atoms with Crippen LogP contribution in [0.2, 0.25) is 5.02 Å². The molecule has 2 aliphatic heterocycles. The van der Waals surface area contributed by atoms with E-state index in [4.69, 9.17) is 21.1 Å². The zero-order valence-electron chi connectivity index (χ0n) is 10.3. The molecule has 0 spiro atoms. The molecule has 1 aromatic rings. The summed E-state index contributed by atoms with van der Waals surface area (Å²) in [6.45, 7) is 0.435. The number of amides is 1. The summed E-state index contributed by atoms with van der Waals surface area (Å²) in [5.74, 6) is -0.125. The third-order valence-corrected chi connectivity index (χ3v) is 3.71. The Bertz CT molecular complexity index is 560. The molecule has 2 heterocycles. The van der Waals surface area contributed by atoms with Gasteiger partial charge in [-0.1, -0.05) is 11.6 Å². The van der Waals surface area contributed by atoms with Crippen LogP contribution in [-0.2, 0) is 9.53 Å². The third kappa shape index (κ3) is 1.94. The molecule has 0 aliphatic carbocycles. The molecule has 100 valence electrons. The molecular formula is C13H12ClNO4. The third-order valence-electron chi connectivity index (χ3n) is 3.47. The highest BCUT2D eigenvalue weighted by atomic mass is 35.5. The van der Waals surface area contributed by atoms with Gasteiger partial charge in [-0.25, -0.2) is 4.79 Å². The molecule has 0 saturated carbocycles. The van der Waals surface area contributed by atoms with Gasteiger partial charge in [0, 0.05) is 11.4 Å². The van der Waals surface area contributed by atoms with E-state index >= 15 is 0 Å². The van der Waals surface area contributed by atoms with Crippen LogP contribution >= 0.6 is 11.6 Å². The van der Waals surface area contributed by atoms with Crippen molar-refractivity contribution in [2.75, 3.05) is 13.7 Å². The van der Waals surface area contributed by atoms with Gasteiger partial charge in [-0.15, -0.1) is 0 Å². The summed E-state index contributed by atoms with van der Waals surface area (Å²) in [6, 6.07) is 4.38. The SMILES string of the molecule is COc1ccc(Cl)cc1C(=O)N1C[C@H]2C[C@H]1C(=O)O2. The van der Waals surface area contributed by atoms with Gasteiger partial charge in [-0.3, -0.25) is 4.79 Å². The Hall–Kier alpha value is -1.75. The first-order valence-electron chi connectivity index (χ1n) is 5.95. The van der Waals surface area contributed by atoms with Crippen molar-refractivity contribution in [2.24, 2.45) is 0 Å². The number of ether oxygens (including phenoxy) is 2. The normalized spacial score (nSPS) is 24.5. The number of hydrogen-bond donors (Lipinski definition) is 0. The van der Waals surface area contributed by atoms with Gasteiger partial charge in [0.05, 0.1) is 19.2 Å². The van der Waals surface area contributed by atoms with Crippen LogP contribution in [0.1, 0.15) is 16.8 Å². The molecule has 19 heavy (non-hydrogen) atoms. The molecule has 0 aromatic heterocycles. The number of methoxy groups -OCH3 is 1. The Morgan fingerprint density at radius 1 is 1.53 bits per heavy atom. The molecule has 5 nitrogen and oxygen atoms in total. The van der Waals surface area contributed by atoms with E-state index in [1.165, 1.54) is 12.0 Å². The number of benzene rings is 1. The summed E-state index contributed by atoms with van der Waals surface area (Å²) in [7, 11) is 1.49. The highest BCUT2D eigenvalue weighted by Crippen LogP contribution is 2.32. The number of nitrogens with zero attached hydrogens (tertiary/aromatic N) is 1. The highest BCUT2D eigenvalue weighted by Gasteiger charge is 2.48. The second kappa shape index (κ2) is 4.42. The maximum atomic E-state index is 12.5. The van der Waals surface area contributed by atoms with Crippen molar-refractivity contribution < 1.29 is 19.1 Å². The van der Waals surface area contributed by atoms with Crippen LogP contribution in [0.3, 0.4) is 0 Å². The fourth-order valence-corrected chi connectivity index (χ4v) is 2.75. The molecule has 0 radical (unpaired) electrons. The topological polar surface area (TPSA) is 55.8 Å². The van der Waals surface area contributed by atoms with Crippen LogP contribution in [0.25, 0.3) is 0 Å². The molecule has 6 heteroatoms. The molecule has 3 rings (SSSR count). The molecule has 2 saturated heterocycles. The fraction of sp³-hybridized carbons (Fsp3) is 0.385. The summed E-state index contributed by atoms with van der Waals surface area (Å²) in [5.41, 5.74) is 0.371. The first kappa shape index (κ1) is 12.3. The first-order chi connectivity index (χ1) is 9.10. The number of halogens is 1. The number of fused-ring (bicyclic) bond motifs is 2. The van der Waals surface area contributed by atoms with E-state index in [2.05, 4.69) is 0 Å². The number of morpholine rings is 1. The van der Waals surface area contributed by atoms with Crippen molar-refractivity contribution in [1.29, 1.82) is 0 Å². The maximum absolute atomic E-state index is 12.5. The monoisotopic (exact) mass is 281 g/mol. The standard InChI is InChI=1S/C13H12ClNO4/c1-18-11-3-2-7(14)4-9(11)12(16)15-6-8-5-10(15)13(17)19-8/h2-4,8,10H,5-6H2,1H3/t8-,10+/m1/s1. The second-order valence-electron chi connectivity index (χ2n) is 4.61. The van der Waals surface area contributed by atoms with E-state index in [1.807, 2.05) is 0 Å². The molecule has 2 aliphatic rings. The van der Waals surface area contributed by atoms with Gasteiger partial charge in [-0.2, -0.15) is 0 Å². The molecule has 0 N–H and O–H groups in total. The van der Waals surface area contributed by atoms with Crippen LogP contribution < -0.4 is 4.74 Å². The van der Waals surface area contributed by atoms with Gasteiger partial charge in [0.25, 0.3) is 5.91 Å². The quantitative estimate of drug-likeness (QED) is 0.771. The van der Waals surface area contributed by atoms with Crippen LogP contribution in [-0.4, -0.2) is 42.6 Å². The smallest absolute Gasteiger partial charge is 0.329 e. The lowest BCUT2D eigenvalue weighted by Crippen LogP contribution is -2.44. The van der Waals surface area contributed by atoms with Crippen molar-refractivity contribution in [3.05, 3.63) is 28.8 Å². The van der Waals surface area contributed by atoms with Crippen molar-refractivity contribution in [3.8, 4) is 5.75 Å². The zero-order valence-corrected chi connectivity index (χ0v) is 11.0. The van der Waals surface area contributed by atoms with E-state index in [9.17, 15) is 9.59 Å².